The lowest BCUT2D eigenvalue weighted by molar-refractivity contribution is -0.312. The first-order valence-corrected chi connectivity index (χ1v) is 32.6. The van der Waals surface area contributed by atoms with Crippen LogP contribution in [-0.4, -0.2) is 96.7 Å². The van der Waals surface area contributed by atoms with Crippen LogP contribution in [0.5, 0.6) is 11.5 Å². The first kappa shape index (κ1) is 63.4. The zero-order valence-electron chi connectivity index (χ0n) is 50.8. The molecular formula is C67H109NO11. The third kappa shape index (κ3) is 15.5. The summed E-state index contributed by atoms with van der Waals surface area (Å²) in [5.41, 5.74) is -0.563. The van der Waals surface area contributed by atoms with Crippen molar-refractivity contribution in [1.29, 1.82) is 0 Å². The van der Waals surface area contributed by atoms with Gasteiger partial charge in [-0.25, -0.2) is 0 Å². The lowest BCUT2D eigenvalue weighted by Crippen LogP contribution is -2.83. The molecule has 1 saturated heterocycles. The molecule has 0 radical (unpaired) electrons. The van der Waals surface area contributed by atoms with Crippen LogP contribution in [0, 0.1) is 22.7 Å². The molecule has 1 aromatic rings. The number of hydrogen-bond donors (Lipinski definition) is 1. The Bertz CT molecular complexity index is 2050. The van der Waals surface area contributed by atoms with Crippen molar-refractivity contribution in [2.45, 2.75) is 308 Å². The van der Waals surface area contributed by atoms with Gasteiger partial charge in [-0.2, -0.15) is 0 Å². The van der Waals surface area contributed by atoms with Gasteiger partial charge in [-0.05, 0) is 94.2 Å². The Morgan fingerprint density at radius 3 is 1.66 bits per heavy atom. The molecule has 12 heteroatoms. The highest BCUT2D eigenvalue weighted by Gasteiger charge is 2.82. The van der Waals surface area contributed by atoms with Crippen molar-refractivity contribution >= 4 is 23.9 Å². The van der Waals surface area contributed by atoms with Crippen molar-refractivity contribution in [2.75, 3.05) is 33.4 Å². The molecule has 7 atom stereocenters. The molecule has 12 nitrogen and oxygen atoms in total. The Morgan fingerprint density at radius 2 is 1.18 bits per heavy atom. The smallest absolute Gasteiger partial charge is 0.322 e. The maximum Gasteiger partial charge on any atom is 0.322 e. The van der Waals surface area contributed by atoms with Crippen LogP contribution >= 0.6 is 0 Å². The maximum atomic E-state index is 13.9. The van der Waals surface area contributed by atoms with Gasteiger partial charge in [0.2, 0.25) is 0 Å². The molecule has 1 aromatic carbocycles. The first-order chi connectivity index (χ1) is 38.1. The van der Waals surface area contributed by atoms with E-state index in [4.69, 9.17) is 28.4 Å². The number of ether oxygens (including phenoxy) is 6. The number of likely N-dealkylation sites (tertiary alicyclic amines) is 1. The second-order valence-corrected chi connectivity index (χ2v) is 26.9. The van der Waals surface area contributed by atoms with Crippen molar-refractivity contribution < 1.29 is 52.7 Å². The van der Waals surface area contributed by atoms with Crippen molar-refractivity contribution in [3.8, 4) is 11.5 Å². The van der Waals surface area contributed by atoms with E-state index in [9.17, 15) is 24.3 Å². The van der Waals surface area contributed by atoms with Gasteiger partial charge in [0.05, 0.1) is 5.60 Å². The molecule has 2 aliphatic heterocycles. The van der Waals surface area contributed by atoms with Gasteiger partial charge < -0.3 is 33.5 Å². The Labute approximate surface area is 478 Å². The Hall–Kier alpha value is -3.22. The van der Waals surface area contributed by atoms with Crippen LogP contribution in [0.2, 0.25) is 0 Å². The molecule has 2 unspecified atom stereocenters. The van der Waals surface area contributed by atoms with Crippen LogP contribution < -0.4 is 9.47 Å². The van der Waals surface area contributed by atoms with E-state index in [0.29, 0.717) is 18.6 Å². The highest BCUT2D eigenvalue weighted by Crippen LogP contribution is 2.78. The van der Waals surface area contributed by atoms with Gasteiger partial charge >= 0.3 is 23.9 Å². The largest absolute Gasteiger partial charge is 0.482 e. The molecule has 1 N–H and O–H groups in total. The average Bonchev–Trinajstić information content (AvgIpc) is 2.13. The number of rotatable bonds is 40. The number of carbonyl (C=O) groups is 4. The van der Waals surface area contributed by atoms with Gasteiger partial charge in [0, 0.05) is 54.8 Å². The van der Waals surface area contributed by atoms with E-state index in [2.05, 4.69) is 45.6 Å². The average molecular weight is 1100 g/mol. The third-order valence-electron chi connectivity index (χ3n) is 20.5. The molecule has 2 heterocycles. The summed E-state index contributed by atoms with van der Waals surface area (Å²) in [4.78, 5) is 56.3. The maximum absolute atomic E-state index is 13.9. The summed E-state index contributed by atoms with van der Waals surface area (Å²) in [6.45, 7) is 14.3. The number of benzene rings is 1. The minimum Gasteiger partial charge on any atom is -0.482 e. The van der Waals surface area contributed by atoms with E-state index in [0.717, 1.165) is 95.2 Å². The van der Waals surface area contributed by atoms with Crippen molar-refractivity contribution in [2.24, 2.45) is 22.7 Å². The number of aliphatic hydroxyl groups is 1. The summed E-state index contributed by atoms with van der Waals surface area (Å²) in [6.07, 6.45) is 36.5. The normalized spacial score (nSPS) is 25.4. The van der Waals surface area contributed by atoms with Crippen LogP contribution in [0.15, 0.2) is 12.1 Å². The quantitative estimate of drug-likeness (QED) is 0.0219. The number of carbonyl (C=O) groups excluding carboxylic acids is 4. The molecule has 5 aliphatic carbocycles. The lowest BCUT2D eigenvalue weighted by atomic mass is 9.33. The molecule has 4 bridgehead atoms. The number of nitrogens with zero attached hydrogens (tertiary/aromatic N) is 1. The van der Waals surface area contributed by atoms with Gasteiger partial charge in [0.1, 0.15) is 31.3 Å². The number of fused-ring (bicyclic) bond motifs is 2. The number of hydrogen-bond acceptors (Lipinski definition) is 12. The van der Waals surface area contributed by atoms with Crippen molar-refractivity contribution in [3.63, 3.8) is 0 Å². The molecular weight excluding hydrogens is 995 g/mol. The fourth-order valence-corrected chi connectivity index (χ4v) is 15.4. The molecule has 7 aliphatic rings. The second kappa shape index (κ2) is 29.8. The summed E-state index contributed by atoms with van der Waals surface area (Å²) in [5.74, 6) is -1.13. The van der Waals surface area contributed by atoms with Crippen LogP contribution in [-0.2, 0) is 50.0 Å². The zero-order chi connectivity index (χ0) is 56.5. The Morgan fingerprint density at radius 1 is 0.671 bits per heavy atom. The van der Waals surface area contributed by atoms with Crippen LogP contribution in [0.3, 0.4) is 0 Å². The van der Waals surface area contributed by atoms with Crippen LogP contribution in [0.4, 0.5) is 0 Å². The molecule has 0 aromatic heterocycles. The second-order valence-electron chi connectivity index (χ2n) is 26.9. The molecule has 79 heavy (non-hydrogen) atoms. The predicted octanol–water partition coefficient (Wildman–Crippen LogP) is 15.0. The van der Waals surface area contributed by atoms with Crippen molar-refractivity contribution in [1.82, 2.24) is 4.90 Å². The minimum absolute atomic E-state index is 0.184. The predicted molar refractivity (Wildman–Crippen MR) is 311 cm³/mol. The van der Waals surface area contributed by atoms with Crippen molar-refractivity contribution in [3.05, 3.63) is 23.3 Å². The molecule has 0 amide bonds. The van der Waals surface area contributed by atoms with E-state index in [1.54, 1.807) is 7.11 Å². The number of methoxy groups -OCH3 is 1. The van der Waals surface area contributed by atoms with E-state index in [1.807, 2.05) is 13.0 Å². The van der Waals surface area contributed by atoms with E-state index < -0.39 is 64.5 Å². The number of esters is 4. The Balaban J connectivity index is 0.938. The fraction of sp³-hybridized carbons (Fsp3) is 0.851. The summed E-state index contributed by atoms with van der Waals surface area (Å²) in [6, 6.07) is 4.19. The topological polar surface area (TPSA) is 147 Å². The summed E-state index contributed by atoms with van der Waals surface area (Å²) in [7, 11) is 1.78. The molecule has 448 valence electrons. The van der Waals surface area contributed by atoms with E-state index in [-0.39, 0.29) is 49.2 Å². The van der Waals surface area contributed by atoms with Gasteiger partial charge in [0.15, 0.2) is 17.6 Å². The van der Waals surface area contributed by atoms with E-state index >= 15 is 0 Å². The number of unbranched alkanes of at least 4 members (excludes halogenated alkanes) is 24. The van der Waals surface area contributed by atoms with Gasteiger partial charge in [0.25, 0.3) is 0 Å². The molecule has 5 fully saturated rings. The standard InChI is InChI=1S/C67H109NO11/c1-8-10-12-14-16-18-20-22-24-26-28-30-32-34-56(69)75-48-52(49-76-57(70)35-33-31-29-27-25-23-21-19-17-15-13-11-9-2)77-58(71)45-59(72)78-53-39-38-51-44-55-65-40-41-67(74-7,54(46-65)64(6,73)63(3,4)5)62-66(65,60(51)61(53)79-62)42-43-68(55)47-50-36-37-50/h38-39,50,52,54-55,62,73H,8-37,40-49H2,1-7H3/t54-,55?,62-,64+,65-,66+,67?/m1/s1. The highest BCUT2D eigenvalue weighted by atomic mass is 16.6. The van der Waals surface area contributed by atoms with Gasteiger partial charge in [-0.15, -0.1) is 0 Å². The lowest BCUT2D eigenvalue weighted by Gasteiger charge is -2.75. The fourth-order valence-electron chi connectivity index (χ4n) is 15.4. The third-order valence-corrected chi connectivity index (χ3v) is 20.5. The zero-order valence-corrected chi connectivity index (χ0v) is 50.8. The minimum atomic E-state index is -1.09. The SMILES string of the molecule is CCCCCCCCCCCCCCCC(=O)OCC(COC(=O)CCCCCCCCCCCCCCC)OC(=O)CC(=O)Oc1ccc2c3c1O[C@H]1C4(OC)CC[C@@]5(C[C@@H]4[C@](C)(O)C(C)(C)C)C(C2)N(CC2CC2)CC[C@]315. The summed E-state index contributed by atoms with van der Waals surface area (Å²) in [5, 5.41) is 12.7. The van der Waals surface area contributed by atoms with Crippen LogP contribution in [0.25, 0.3) is 0 Å². The monoisotopic (exact) mass is 1100 g/mol. The van der Waals surface area contributed by atoms with Gasteiger partial charge in [-0.1, -0.05) is 195 Å². The molecule has 4 saturated carbocycles. The first-order valence-electron chi connectivity index (χ1n) is 32.6. The number of piperidine rings is 1. The van der Waals surface area contributed by atoms with Crippen LogP contribution in [0.1, 0.15) is 277 Å². The Kier molecular flexibility index (Phi) is 23.9. The van der Waals surface area contributed by atoms with E-state index in [1.165, 1.54) is 134 Å². The van der Waals surface area contributed by atoms with Gasteiger partial charge in [-0.3, -0.25) is 24.1 Å². The summed E-state index contributed by atoms with van der Waals surface area (Å²) >= 11 is 0. The summed E-state index contributed by atoms with van der Waals surface area (Å²) < 4.78 is 37.2. The highest BCUT2D eigenvalue weighted by molar-refractivity contribution is 5.92. The molecule has 2 spiro atoms. The molecule has 8 rings (SSSR count).